The van der Waals surface area contributed by atoms with Crippen molar-refractivity contribution < 1.29 is 18.7 Å². The molecule has 0 bridgehead atoms. The molecule has 0 aliphatic rings. The summed E-state index contributed by atoms with van der Waals surface area (Å²) in [4.78, 5) is 28.2. The molecular weight excluding hydrogens is 347 g/mol. The van der Waals surface area contributed by atoms with Crippen molar-refractivity contribution in [3.05, 3.63) is 70.8 Å². The zero-order chi connectivity index (χ0) is 18.0. The molecule has 0 radical (unpaired) electrons. The lowest BCUT2D eigenvalue weighted by molar-refractivity contribution is 0.0602. The second kappa shape index (κ2) is 6.86. The topological polar surface area (TPSA) is 68.3 Å². The van der Waals surface area contributed by atoms with Crippen LogP contribution in [-0.2, 0) is 4.74 Å². The fraction of sp³-hybridized carbons (Fsp3) is 0.0556. The summed E-state index contributed by atoms with van der Waals surface area (Å²) in [7, 11) is 1.23. The Hall–Kier alpha value is -2.99. The van der Waals surface area contributed by atoms with E-state index in [1.54, 1.807) is 24.3 Å². The summed E-state index contributed by atoms with van der Waals surface area (Å²) in [5.74, 6) is -1.44. The van der Waals surface area contributed by atoms with E-state index in [-0.39, 0.29) is 22.2 Å². The average Bonchev–Trinajstić information content (AvgIpc) is 2.61. The molecule has 5 nitrogen and oxygen atoms in total. The lowest BCUT2D eigenvalue weighted by Crippen LogP contribution is -2.15. The number of methoxy groups -OCH3 is 1. The Labute approximate surface area is 147 Å². The largest absolute Gasteiger partial charge is 0.465 e. The summed E-state index contributed by atoms with van der Waals surface area (Å²) in [6.07, 6.45) is 1.28. The third-order valence-corrected chi connectivity index (χ3v) is 3.80. The number of halogens is 2. The van der Waals surface area contributed by atoms with Crippen LogP contribution in [0.5, 0.6) is 0 Å². The first-order chi connectivity index (χ1) is 12.0. The maximum Gasteiger partial charge on any atom is 0.340 e. The number of rotatable bonds is 3. The van der Waals surface area contributed by atoms with Gasteiger partial charge in [-0.05, 0) is 41.1 Å². The molecule has 0 aliphatic heterocycles. The number of amides is 1. The number of hydrogen-bond donors (Lipinski definition) is 1. The van der Waals surface area contributed by atoms with Gasteiger partial charge in [-0.1, -0.05) is 23.7 Å². The fourth-order valence-corrected chi connectivity index (χ4v) is 2.52. The van der Waals surface area contributed by atoms with Crippen LogP contribution in [0.1, 0.15) is 20.7 Å². The SMILES string of the molecule is COC(=O)c1cc(Cl)ncc1NC(=O)c1ccc2cc(F)ccc2c1. The van der Waals surface area contributed by atoms with Crippen molar-refractivity contribution in [1.29, 1.82) is 0 Å². The summed E-state index contributed by atoms with van der Waals surface area (Å²) in [5.41, 5.74) is 0.629. The van der Waals surface area contributed by atoms with E-state index < -0.39 is 11.9 Å². The summed E-state index contributed by atoms with van der Waals surface area (Å²) in [5, 5.41) is 4.11. The van der Waals surface area contributed by atoms with Crippen LogP contribution < -0.4 is 5.32 Å². The van der Waals surface area contributed by atoms with Crippen LogP contribution in [-0.4, -0.2) is 24.0 Å². The fourth-order valence-electron chi connectivity index (χ4n) is 2.36. The van der Waals surface area contributed by atoms with Crippen LogP contribution in [0.15, 0.2) is 48.7 Å². The molecule has 1 N–H and O–H groups in total. The van der Waals surface area contributed by atoms with E-state index in [0.717, 1.165) is 5.39 Å². The predicted molar refractivity (Wildman–Crippen MR) is 92.4 cm³/mol. The number of nitrogens with one attached hydrogen (secondary N) is 1. The number of carbonyl (C=O) groups is 2. The second-order valence-electron chi connectivity index (χ2n) is 5.20. The summed E-state index contributed by atoms with van der Waals surface area (Å²) in [6.45, 7) is 0. The van der Waals surface area contributed by atoms with E-state index in [1.165, 1.54) is 31.5 Å². The molecule has 1 heterocycles. The van der Waals surface area contributed by atoms with Crippen molar-refractivity contribution in [2.75, 3.05) is 12.4 Å². The van der Waals surface area contributed by atoms with Crippen LogP contribution >= 0.6 is 11.6 Å². The van der Waals surface area contributed by atoms with Crippen molar-refractivity contribution >= 4 is 39.9 Å². The Bertz CT molecular complexity index is 991. The van der Waals surface area contributed by atoms with Crippen LogP contribution in [0.4, 0.5) is 10.1 Å². The molecule has 0 atom stereocenters. The van der Waals surface area contributed by atoms with Gasteiger partial charge < -0.3 is 10.1 Å². The summed E-state index contributed by atoms with van der Waals surface area (Å²) >= 11 is 5.79. The van der Waals surface area contributed by atoms with Gasteiger partial charge in [-0.25, -0.2) is 14.2 Å². The Morgan fingerprint density at radius 2 is 1.84 bits per heavy atom. The molecule has 3 rings (SSSR count). The van der Waals surface area contributed by atoms with Gasteiger partial charge in [-0.2, -0.15) is 0 Å². The summed E-state index contributed by atoms with van der Waals surface area (Å²) < 4.78 is 17.9. The minimum absolute atomic E-state index is 0.0960. The third-order valence-electron chi connectivity index (χ3n) is 3.59. The van der Waals surface area contributed by atoms with Gasteiger partial charge in [0.15, 0.2) is 0 Å². The van der Waals surface area contributed by atoms with Crippen molar-refractivity contribution in [2.24, 2.45) is 0 Å². The van der Waals surface area contributed by atoms with Gasteiger partial charge in [0.1, 0.15) is 11.0 Å². The van der Waals surface area contributed by atoms with E-state index in [9.17, 15) is 14.0 Å². The van der Waals surface area contributed by atoms with E-state index in [1.807, 2.05) is 0 Å². The molecule has 1 aromatic heterocycles. The smallest absolute Gasteiger partial charge is 0.340 e. The van der Waals surface area contributed by atoms with E-state index in [4.69, 9.17) is 11.6 Å². The first-order valence-electron chi connectivity index (χ1n) is 7.22. The zero-order valence-electron chi connectivity index (χ0n) is 13.0. The summed E-state index contributed by atoms with van der Waals surface area (Å²) in [6, 6.07) is 10.5. The molecule has 1 amide bonds. The van der Waals surface area contributed by atoms with E-state index >= 15 is 0 Å². The maximum absolute atomic E-state index is 13.2. The number of hydrogen-bond acceptors (Lipinski definition) is 4. The first kappa shape index (κ1) is 16.9. The Kier molecular flexibility index (Phi) is 4.63. The highest BCUT2D eigenvalue weighted by atomic mass is 35.5. The molecule has 0 saturated heterocycles. The molecule has 0 fully saturated rings. The van der Waals surface area contributed by atoms with E-state index in [2.05, 4.69) is 15.0 Å². The van der Waals surface area contributed by atoms with Gasteiger partial charge >= 0.3 is 5.97 Å². The van der Waals surface area contributed by atoms with Crippen LogP contribution in [0.25, 0.3) is 10.8 Å². The minimum Gasteiger partial charge on any atom is -0.465 e. The average molecular weight is 359 g/mol. The Balaban J connectivity index is 1.92. The quantitative estimate of drug-likeness (QED) is 0.566. The second-order valence-corrected chi connectivity index (χ2v) is 5.59. The zero-order valence-corrected chi connectivity index (χ0v) is 13.8. The normalized spacial score (nSPS) is 10.5. The lowest BCUT2D eigenvalue weighted by atomic mass is 10.1. The van der Waals surface area contributed by atoms with Crippen molar-refractivity contribution in [2.45, 2.75) is 0 Å². The monoisotopic (exact) mass is 358 g/mol. The highest BCUT2D eigenvalue weighted by Crippen LogP contribution is 2.22. The van der Waals surface area contributed by atoms with Crippen LogP contribution in [0.3, 0.4) is 0 Å². The third kappa shape index (κ3) is 3.59. The molecule has 126 valence electrons. The molecule has 7 heteroatoms. The van der Waals surface area contributed by atoms with Gasteiger partial charge in [0.2, 0.25) is 0 Å². The number of aromatic nitrogens is 1. The number of fused-ring (bicyclic) bond motifs is 1. The van der Waals surface area contributed by atoms with Crippen molar-refractivity contribution in [3.63, 3.8) is 0 Å². The number of nitrogens with zero attached hydrogens (tertiary/aromatic N) is 1. The molecule has 0 spiro atoms. The molecule has 2 aromatic carbocycles. The maximum atomic E-state index is 13.2. The molecular formula is C18H12ClFN2O3. The van der Waals surface area contributed by atoms with Crippen LogP contribution in [0, 0.1) is 5.82 Å². The molecule has 0 unspecified atom stereocenters. The van der Waals surface area contributed by atoms with Crippen LogP contribution in [0.2, 0.25) is 5.15 Å². The lowest BCUT2D eigenvalue weighted by Gasteiger charge is -2.10. The molecule has 25 heavy (non-hydrogen) atoms. The van der Waals surface area contributed by atoms with Gasteiger partial charge in [-0.3, -0.25) is 4.79 Å². The number of carbonyl (C=O) groups excluding carboxylic acids is 2. The predicted octanol–water partition coefficient (Wildman–Crippen LogP) is 4.07. The van der Waals surface area contributed by atoms with Gasteiger partial charge in [0, 0.05) is 5.56 Å². The highest BCUT2D eigenvalue weighted by molar-refractivity contribution is 6.30. The number of benzene rings is 2. The van der Waals surface area contributed by atoms with Gasteiger partial charge in [0.05, 0.1) is 24.6 Å². The number of anilines is 1. The van der Waals surface area contributed by atoms with Crippen molar-refractivity contribution in [3.8, 4) is 0 Å². The highest BCUT2D eigenvalue weighted by Gasteiger charge is 2.16. The van der Waals surface area contributed by atoms with Gasteiger partial charge in [-0.15, -0.1) is 0 Å². The first-order valence-corrected chi connectivity index (χ1v) is 7.60. The number of pyridine rings is 1. The molecule has 3 aromatic rings. The minimum atomic E-state index is -0.645. The number of esters is 1. The molecule has 0 aliphatic carbocycles. The molecule has 0 saturated carbocycles. The Morgan fingerprint density at radius 3 is 2.60 bits per heavy atom. The van der Waals surface area contributed by atoms with Crippen molar-refractivity contribution in [1.82, 2.24) is 4.98 Å². The van der Waals surface area contributed by atoms with E-state index in [0.29, 0.717) is 10.9 Å². The van der Waals surface area contributed by atoms with Gasteiger partial charge in [0.25, 0.3) is 5.91 Å². The standard InChI is InChI=1S/C18H12ClFN2O3/c1-25-18(24)14-8-16(19)21-9-15(14)22-17(23)12-3-2-11-7-13(20)5-4-10(11)6-12/h2-9H,1H3,(H,22,23). The number of ether oxygens (including phenoxy) is 1. The Morgan fingerprint density at radius 1 is 1.12 bits per heavy atom.